The first-order valence-corrected chi connectivity index (χ1v) is 10.5. The minimum Gasteiger partial charge on any atom is -0.354 e. The molecular weight excluding hydrogens is 428 g/mol. The lowest BCUT2D eigenvalue weighted by atomic mass is 10.0. The standard InChI is InChI=1S/C25H19F2N3O3/c1-13-9-21(25(33)30(13)16-5-3-2-4-6-16)29-24(32)19-12-15(27)11-18-22(19)28-20-8-7-14(26)10-17(20)23(18)31/h2-8,10-13,21H,9H2,1H3,(H,28,31)(H,29,32). The van der Waals surface area contributed by atoms with Crippen molar-refractivity contribution in [2.45, 2.75) is 25.4 Å². The summed E-state index contributed by atoms with van der Waals surface area (Å²) in [7, 11) is 0. The molecule has 1 saturated heterocycles. The molecule has 166 valence electrons. The maximum Gasteiger partial charge on any atom is 0.254 e. The lowest BCUT2D eigenvalue weighted by molar-refractivity contribution is -0.118. The van der Waals surface area contributed by atoms with E-state index in [1.165, 1.54) is 12.1 Å². The van der Waals surface area contributed by atoms with E-state index in [0.717, 1.165) is 23.9 Å². The summed E-state index contributed by atoms with van der Waals surface area (Å²) >= 11 is 0. The van der Waals surface area contributed by atoms with Crippen LogP contribution in [0.5, 0.6) is 0 Å². The largest absolute Gasteiger partial charge is 0.354 e. The van der Waals surface area contributed by atoms with Gasteiger partial charge in [0.05, 0.1) is 11.1 Å². The van der Waals surface area contributed by atoms with E-state index in [4.69, 9.17) is 0 Å². The normalized spacial score (nSPS) is 18.3. The quantitative estimate of drug-likeness (QED) is 0.468. The zero-order valence-electron chi connectivity index (χ0n) is 17.6. The highest BCUT2D eigenvalue weighted by Gasteiger charge is 2.39. The van der Waals surface area contributed by atoms with E-state index >= 15 is 0 Å². The molecule has 8 heteroatoms. The SMILES string of the molecule is CC1CC(NC(=O)c2cc(F)cc3c(=O)c4cc(F)ccc4[nH]c23)C(=O)N1c1ccccc1. The number of carbonyl (C=O) groups is 2. The van der Waals surface area contributed by atoms with Crippen LogP contribution in [0.25, 0.3) is 21.8 Å². The highest BCUT2D eigenvalue weighted by atomic mass is 19.1. The molecule has 33 heavy (non-hydrogen) atoms. The van der Waals surface area contributed by atoms with Crippen molar-refractivity contribution in [3.8, 4) is 0 Å². The van der Waals surface area contributed by atoms with Gasteiger partial charge >= 0.3 is 0 Å². The van der Waals surface area contributed by atoms with Gasteiger partial charge in [0.25, 0.3) is 5.91 Å². The monoisotopic (exact) mass is 447 g/mol. The second-order valence-corrected chi connectivity index (χ2v) is 8.17. The number of anilines is 1. The first kappa shape index (κ1) is 20.8. The van der Waals surface area contributed by atoms with Crippen LogP contribution in [0, 0.1) is 11.6 Å². The molecule has 0 saturated carbocycles. The molecule has 1 aliphatic heterocycles. The molecule has 3 aromatic carbocycles. The van der Waals surface area contributed by atoms with Gasteiger partial charge in [-0.05, 0) is 55.8 Å². The van der Waals surface area contributed by atoms with Crippen molar-refractivity contribution in [1.82, 2.24) is 10.3 Å². The number of nitrogens with one attached hydrogen (secondary N) is 2. The number of aromatic amines is 1. The summed E-state index contributed by atoms with van der Waals surface area (Å²) in [4.78, 5) is 43.6. The van der Waals surface area contributed by atoms with E-state index in [2.05, 4.69) is 10.3 Å². The summed E-state index contributed by atoms with van der Waals surface area (Å²) in [6, 6.07) is 13.8. The first-order valence-electron chi connectivity index (χ1n) is 10.5. The van der Waals surface area contributed by atoms with Gasteiger partial charge in [0.1, 0.15) is 17.7 Å². The molecule has 2 heterocycles. The molecule has 4 aromatic rings. The second kappa shape index (κ2) is 7.81. The Morgan fingerprint density at radius 2 is 1.73 bits per heavy atom. The predicted molar refractivity (Wildman–Crippen MR) is 121 cm³/mol. The van der Waals surface area contributed by atoms with E-state index in [1.54, 1.807) is 4.90 Å². The zero-order chi connectivity index (χ0) is 23.3. The van der Waals surface area contributed by atoms with Gasteiger partial charge in [-0.1, -0.05) is 18.2 Å². The van der Waals surface area contributed by atoms with Crippen LogP contribution < -0.4 is 15.6 Å². The molecule has 0 aliphatic carbocycles. The molecular formula is C25H19F2N3O3. The Morgan fingerprint density at radius 1 is 1.00 bits per heavy atom. The molecule has 0 radical (unpaired) electrons. The number of aromatic nitrogens is 1. The van der Waals surface area contributed by atoms with Crippen LogP contribution in [0.2, 0.25) is 0 Å². The number of pyridine rings is 1. The predicted octanol–water partition coefficient (Wildman–Crippen LogP) is 3.88. The second-order valence-electron chi connectivity index (χ2n) is 8.17. The Labute approximate surface area is 186 Å². The average molecular weight is 447 g/mol. The number of nitrogens with zero attached hydrogens (tertiary/aromatic N) is 1. The van der Waals surface area contributed by atoms with Crippen molar-refractivity contribution in [3.63, 3.8) is 0 Å². The Balaban J connectivity index is 1.53. The number of H-pyrrole nitrogens is 1. The minimum atomic E-state index is -0.799. The maximum absolute atomic E-state index is 14.4. The number of halogens is 2. The van der Waals surface area contributed by atoms with E-state index < -0.39 is 29.0 Å². The lowest BCUT2D eigenvalue weighted by Gasteiger charge is -2.21. The lowest BCUT2D eigenvalue weighted by Crippen LogP contribution is -2.42. The van der Waals surface area contributed by atoms with Crippen molar-refractivity contribution in [2.75, 3.05) is 4.90 Å². The summed E-state index contributed by atoms with van der Waals surface area (Å²) in [5.41, 5.74) is 0.470. The molecule has 2 N–H and O–H groups in total. The Bertz CT molecular complexity index is 1480. The summed E-state index contributed by atoms with van der Waals surface area (Å²) in [6.07, 6.45) is 0.380. The Kier molecular flexibility index (Phi) is 4.92. The van der Waals surface area contributed by atoms with Crippen molar-refractivity contribution in [1.29, 1.82) is 0 Å². The third-order valence-electron chi connectivity index (χ3n) is 5.97. The summed E-state index contributed by atoms with van der Waals surface area (Å²) in [6.45, 7) is 1.89. The smallest absolute Gasteiger partial charge is 0.254 e. The van der Waals surface area contributed by atoms with Gasteiger partial charge in [0, 0.05) is 28.0 Å². The molecule has 0 spiro atoms. The van der Waals surface area contributed by atoms with Crippen LogP contribution in [-0.4, -0.2) is 28.9 Å². The molecule has 2 atom stereocenters. The fraction of sp³-hybridized carbons (Fsp3) is 0.160. The summed E-state index contributed by atoms with van der Waals surface area (Å²) in [5.74, 6) is -2.33. The van der Waals surface area contributed by atoms with Crippen LogP contribution in [0.3, 0.4) is 0 Å². The van der Waals surface area contributed by atoms with Gasteiger partial charge < -0.3 is 15.2 Å². The minimum absolute atomic E-state index is 0.0535. The molecule has 2 unspecified atom stereocenters. The number of rotatable bonds is 3. The van der Waals surface area contributed by atoms with E-state index in [9.17, 15) is 23.2 Å². The third kappa shape index (κ3) is 3.53. The highest BCUT2D eigenvalue weighted by Crippen LogP contribution is 2.27. The van der Waals surface area contributed by atoms with Crippen molar-refractivity contribution in [2.24, 2.45) is 0 Å². The van der Waals surface area contributed by atoms with Gasteiger partial charge in [-0.2, -0.15) is 0 Å². The number of hydrogen-bond donors (Lipinski definition) is 2. The molecule has 5 rings (SSSR count). The van der Waals surface area contributed by atoms with Gasteiger partial charge in [-0.3, -0.25) is 14.4 Å². The topological polar surface area (TPSA) is 82.3 Å². The van der Waals surface area contributed by atoms with E-state index in [0.29, 0.717) is 11.9 Å². The van der Waals surface area contributed by atoms with Crippen molar-refractivity contribution >= 4 is 39.3 Å². The third-order valence-corrected chi connectivity index (χ3v) is 5.97. The zero-order valence-corrected chi connectivity index (χ0v) is 17.6. The molecule has 6 nitrogen and oxygen atoms in total. The maximum atomic E-state index is 14.4. The van der Waals surface area contributed by atoms with Crippen LogP contribution in [0.4, 0.5) is 14.5 Å². The number of benzene rings is 3. The number of carbonyl (C=O) groups excluding carboxylic acids is 2. The van der Waals surface area contributed by atoms with E-state index in [1.807, 2.05) is 37.3 Å². The Morgan fingerprint density at radius 3 is 2.48 bits per heavy atom. The molecule has 1 fully saturated rings. The highest BCUT2D eigenvalue weighted by molar-refractivity contribution is 6.10. The summed E-state index contributed by atoms with van der Waals surface area (Å²) in [5, 5.41) is 2.67. The van der Waals surface area contributed by atoms with Crippen LogP contribution >= 0.6 is 0 Å². The van der Waals surface area contributed by atoms with Gasteiger partial charge in [-0.25, -0.2) is 8.78 Å². The van der Waals surface area contributed by atoms with Crippen LogP contribution in [-0.2, 0) is 4.79 Å². The van der Waals surface area contributed by atoms with Gasteiger partial charge in [-0.15, -0.1) is 0 Å². The van der Waals surface area contributed by atoms with Crippen LogP contribution in [0.15, 0.2) is 65.5 Å². The van der Waals surface area contributed by atoms with Crippen LogP contribution in [0.1, 0.15) is 23.7 Å². The molecule has 2 amide bonds. The first-order chi connectivity index (χ1) is 15.8. The molecule has 1 aromatic heterocycles. The van der Waals surface area contributed by atoms with Crippen molar-refractivity contribution < 1.29 is 18.4 Å². The molecule has 0 bridgehead atoms. The fourth-order valence-electron chi connectivity index (χ4n) is 4.45. The summed E-state index contributed by atoms with van der Waals surface area (Å²) < 4.78 is 28.0. The Hall–Kier alpha value is -4.07. The number of amides is 2. The van der Waals surface area contributed by atoms with E-state index in [-0.39, 0.29) is 33.8 Å². The van der Waals surface area contributed by atoms with Gasteiger partial charge in [0.2, 0.25) is 5.91 Å². The number of hydrogen-bond acceptors (Lipinski definition) is 3. The van der Waals surface area contributed by atoms with Gasteiger partial charge in [0.15, 0.2) is 5.43 Å². The number of fused-ring (bicyclic) bond motifs is 2. The number of para-hydroxylation sites is 1. The fourth-order valence-corrected chi connectivity index (χ4v) is 4.45. The average Bonchev–Trinajstić information content (AvgIpc) is 3.07. The molecule has 1 aliphatic rings. The van der Waals surface area contributed by atoms with Crippen molar-refractivity contribution in [3.05, 3.63) is 88.1 Å².